The van der Waals surface area contributed by atoms with E-state index >= 15 is 0 Å². The first-order valence-corrected chi connectivity index (χ1v) is 9.66. The minimum atomic E-state index is -4.43. The fraction of sp³-hybridized carbons (Fsp3) is 0.364. The zero-order valence-electron chi connectivity index (χ0n) is 16.9. The van der Waals surface area contributed by atoms with Crippen molar-refractivity contribution in [1.82, 2.24) is 9.80 Å². The number of hydrogen-bond acceptors (Lipinski definition) is 3. The molecule has 5 nitrogen and oxygen atoms in total. The highest BCUT2D eigenvalue weighted by atomic mass is 19.4. The van der Waals surface area contributed by atoms with Crippen LogP contribution in [0.3, 0.4) is 0 Å². The Morgan fingerprint density at radius 2 is 1.67 bits per heavy atom. The van der Waals surface area contributed by atoms with Crippen molar-refractivity contribution in [2.24, 2.45) is 0 Å². The van der Waals surface area contributed by atoms with E-state index in [4.69, 9.17) is 0 Å². The first kappa shape index (κ1) is 21.8. The summed E-state index contributed by atoms with van der Waals surface area (Å²) < 4.78 is 39.8. The molecule has 160 valence electrons. The van der Waals surface area contributed by atoms with E-state index in [2.05, 4.69) is 5.32 Å². The minimum Gasteiger partial charge on any atom is -0.345 e. The number of halogens is 3. The maximum Gasteiger partial charge on any atom is 0.416 e. The molecule has 8 heteroatoms. The van der Waals surface area contributed by atoms with Crippen molar-refractivity contribution in [3.8, 4) is 0 Å². The number of carbonyl (C=O) groups is 2. The lowest BCUT2D eigenvalue weighted by Gasteiger charge is -2.23. The fourth-order valence-electron chi connectivity index (χ4n) is 3.25. The average molecular weight is 419 g/mol. The Morgan fingerprint density at radius 1 is 1.03 bits per heavy atom. The summed E-state index contributed by atoms with van der Waals surface area (Å²) in [6, 6.07) is 12.1. The second-order valence-corrected chi connectivity index (χ2v) is 7.62. The fourth-order valence-corrected chi connectivity index (χ4v) is 3.25. The summed E-state index contributed by atoms with van der Waals surface area (Å²) in [6.07, 6.45) is -2.70. The quantitative estimate of drug-likeness (QED) is 0.738. The molecule has 2 amide bonds. The highest BCUT2D eigenvalue weighted by molar-refractivity contribution is 5.96. The van der Waals surface area contributed by atoms with Crippen molar-refractivity contribution < 1.29 is 22.8 Å². The summed E-state index contributed by atoms with van der Waals surface area (Å²) in [5.74, 6) is -0.450. The van der Waals surface area contributed by atoms with Gasteiger partial charge in [-0.2, -0.15) is 13.2 Å². The molecule has 1 saturated carbocycles. The third-order valence-electron chi connectivity index (χ3n) is 4.93. The molecule has 1 aliphatic rings. The molecule has 30 heavy (non-hydrogen) atoms. The molecule has 0 aromatic heterocycles. The lowest BCUT2D eigenvalue weighted by molar-refractivity contribution is -0.138. The number of carbonyl (C=O) groups excluding carboxylic acids is 2. The smallest absolute Gasteiger partial charge is 0.345 e. The van der Waals surface area contributed by atoms with Gasteiger partial charge in [0.25, 0.3) is 5.91 Å². The molecule has 0 saturated heterocycles. The van der Waals surface area contributed by atoms with E-state index < -0.39 is 11.7 Å². The van der Waals surface area contributed by atoms with Crippen molar-refractivity contribution >= 4 is 17.5 Å². The van der Waals surface area contributed by atoms with Crippen LogP contribution >= 0.6 is 0 Å². The van der Waals surface area contributed by atoms with Crippen LogP contribution in [0.15, 0.2) is 48.5 Å². The zero-order valence-corrected chi connectivity index (χ0v) is 16.9. The van der Waals surface area contributed by atoms with Crippen molar-refractivity contribution in [2.75, 3.05) is 26.0 Å². The topological polar surface area (TPSA) is 52.7 Å². The highest BCUT2D eigenvalue weighted by Crippen LogP contribution is 2.34. The summed E-state index contributed by atoms with van der Waals surface area (Å²) in [4.78, 5) is 27.7. The van der Waals surface area contributed by atoms with Gasteiger partial charge in [0.15, 0.2) is 0 Å². The lowest BCUT2D eigenvalue weighted by Crippen LogP contribution is -2.35. The van der Waals surface area contributed by atoms with Crippen LogP contribution in [0.4, 0.5) is 18.9 Å². The molecular weight excluding hydrogens is 395 g/mol. The molecule has 0 atom stereocenters. The predicted octanol–water partition coefficient (Wildman–Crippen LogP) is 4.01. The van der Waals surface area contributed by atoms with Gasteiger partial charge in [-0.25, -0.2) is 0 Å². The van der Waals surface area contributed by atoms with Gasteiger partial charge in [0.05, 0.1) is 12.1 Å². The third-order valence-corrected chi connectivity index (χ3v) is 4.93. The van der Waals surface area contributed by atoms with E-state index in [-0.39, 0.29) is 36.5 Å². The van der Waals surface area contributed by atoms with Gasteiger partial charge in [0, 0.05) is 37.9 Å². The number of benzene rings is 2. The Kier molecular flexibility index (Phi) is 6.45. The van der Waals surface area contributed by atoms with Gasteiger partial charge in [0.1, 0.15) is 0 Å². The number of anilines is 1. The minimum absolute atomic E-state index is 0.00472. The van der Waals surface area contributed by atoms with Gasteiger partial charge in [0.2, 0.25) is 5.91 Å². The van der Waals surface area contributed by atoms with Gasteiger partial charge < -0.3 is 10.2 Å². The summed E-state index contributed by atoms with van der Waals surface area (Å²) in [5.41, 5.74) is 0.525. The predicted molar refractivity (Wildman–Crippen MR) is 108 cm³/mol. The van der Waals surface area contributed by atoms with Gasteiger partial charge in [-0.15, -0.1) is 0 Å². The molecule has 0 radical (unpaired) electrons. The number of rotatable bonds is 7. The molecule has 2 aromatic carbocycles. The van der Waals surface area contributed by atoms with Gasteiger partial charge in [-0.1, -0.05) is 18.2 Å². The molecule has 1 aliphatic carbocycles. The molecule has 2 aromatic rings. The molecule has 0 unspecified atom stereocenters. The zero-order chi connectivity index (χ0) is 21.9. The van der Waals surface area contributed by atoms with Gasteiger partial charge >= 0.3 is 6.18 Å². The summed E-state index contributed by atoms with van der Waals surface area (Å²) in [6.45, 7) is 0.0548. The maximum atomic E-state index is 13.3. The first-order valence-electron chi connectivity index (χ1n) is 9.66. The molecule has 1 fully saturated rings. The summed E-state index contributed by atoms with van der Waals surface area (Å²) >= 11 is 0. The van der Waals surface area contributed by atoms with Gasteiger partial charge in [-0.3, -0.25) is 14.5 Å². The Balaban J connectivity index is 1.65. The van der Waals surface area contributed by atoms with E-state index in [0.717, 1.165) is 18.9 Å². The Morgan fingerprint density at radius 3 is 2.23 bits per heavy atom. The normalized spacial score (nSPS) is 13.9. The standard InChI is InChI=1S/C22H24F3N3O2/c1-27(2)21(30)15-7-9-17(10-8-15)26-20(29)14-28(18-11-12-18)13-16-5-3-4-6-19(16)22(23,24)25/h3-10,18H,11-14H2,1-2H3,(H,26,29). The molecular formula is C22H24F3N3O2. The number of nitrogens with one attached hydrogen (secondary N) is 1. The van der Waals surface area contributed by atoms with Crippen LogP contribution in [0, 0.1) is 0 Å². The Labute approximate surface area is 173 Å². The van der Waals surface area contributed by atoms with Crippen LogP contribution < -0.4 is 5.32 Å². The van der Waals surface area contributed by atoms with Crippen LogP contribution in [0.25, 0.3) is 0 Å². The molecule has 0 bridgehead atoms. The van der Waals surface area contributed by atoms with Gasteiger partial charge in [-0.05, 0) is 48.7 Å². The van der Waals surface area contributed by atoms with E-state index in [1.165, 1.54) is 17.0 Å². The van der Waals surface area contributed by atoms with Crippen LogP contribution in [-0.4, -0.2) is 48.3 Å². The van der Waals surface area contributed by atoms with E-state index in [1.807, 2.05) is 0 Å². The monoisotopic (exact) mass is 419 g/mol. The maximum absolute atomic E-state index is 13.3. The molecule has 1 N–H and O–H groups in total. The number of amides is 2. The number of hydrogen-bond donors (Lipinski definition) is 1. The molecule has 3 rings (SSSR count). The average Bonchev–Trinajstić information content (AvgIpc) is 3.52. The van der Waals surface area contributed by atoms with Crippen LogP contribution in [-0.2, 0) is 17.5 Å². The van der Waals surface area contributed by atoms with E-state index in [0.29, 0.717) is 11.3 Å². The Bertz CT molecular complexity index is 907. The van der Waals surface area contributed by atoms with Crippen molar-refractivity contribution in [1.29, 1.82) is 0 Å². The second-order valence-electron chi connectivity index (χ2n) is 7.62. The van der Waals surface area contributed by atoms with Crippen LogP contribution in [0.5, 0.6) is 0 Å². The van der Waals surface area contributed by atoms with Crippen LogP contribution in [0.1, 0.15) is 34.3 Å². The second kappa shape index (κ2) is 8.87. The largest absolute Gasteiger partial charge is 0.416 e. The van der Waals surface area contributed by atoms with Crippen molar-refractivity contribution in [2.45, 2.75) is 31.6 Å². The third kappa shape index (κ3) is 5.60. The first-order chi connectivity index (χ1) is 14.1. The van der Waals surface area contributed by atoms with Crippen LogP contribution in [0.2, 0.25) is 0 Å². The van der Waals surface area contributed by atoms with Crippen molar-refractivity contribution in [3.05, 3.63) is 65.2 Å². The molecule has 0 aliphatic heterocycles. The summed E-state index contributed by atoms with van der Waals surface area (Å²) in [7, 11) is 3.31. The SMILES string of the molecule is CN(C)C(=O)c1ccc(NC(=O)CN(Cc2ccccc2C(F)(F)F)C2CC2)cc1. The van der Waals surface area contributed by atoms with E-state index in [1.54, 1.807) is 49.3 Å². The Hall–Kier alpha value is -2.87. The van der Waals surface area contributed by atoms with Crippen molar-refractivity contribution in [3.63, 3.8) is 0 Å². The lowest BCUT2D eigenvalue weighted by atomic mass is 10.1. The number of alkyl halides is 3. The van der Waals surface area contributed by atoms with E-state index in [9.17, 15) is 22.8 Å². The molecule has 0 heterocycles. The number of nitrogens with zero attached hydrogens (tertiary/aromatic N) is 2. The summed E-state index contributed by atoms with van der Waals surface area (Å²) in [5, 5.41) is 2.75. The highest BCUT2D eigenvalue weighted by Gasteiger charge is 2.35. The molecule has 0 spiro atoms.